The molecule has 1 spiro atoms. The highest BCUT2D eigenvalue weighted by Crippen LogP contribution is 2.76. The summed E-state index contributed by atoms with van der Waals surface area (Å²) in [4.78, 5) is 2.59. The van der Waals surface area contributed by atoms with E-state index in [1.807, 2.05) is 0 Å². The lowest BCUT2D eigenvalue weighted by Gasteiger charge is -2.66. The molecule has 7 bridgehead atoms. The number of fused-ring (bicyclic) bond motifs is 2. The maximum Gasteiger partial charge on any atom is 0.0771 e. The summed E-state index contributed by atoms with van der Waals surface area (Å²) in [6.45, 7) is 4.35. The Balaban J connectivity index is 1.57. The van der Waals surface area contributed by atoms with Crippen molar-refractivity contribution in [3.05, 3.63) is 0 Å². The van der Waals surface area contributed by atoms with Crippen molar-refractivity contribution < 1.29 is 20.1 Å². The van der Waals surface area contributed by atoms with E-state index in [9.17, 15) is 15.3 Å². The van der Waals surface area contributed by atoms with E-state index < -0.39 is 11.7 Å². The summed E-state index contributed by atoms with van der Waals surface area (Å²) in [5.74, 6) is 1.61. The second kappa shape index (κ2) is 5.04. The summed E-state index contributed by atoms with van der Waals surface area (Å²) in [5, 5.41) is 34.7. The molecule has 0 aromatic carbocycles. The Morgan fingerprint density at radius 3 is 2.65 bits per heavy atom. The fourth-order valence-electron chi connectivity index (χ4n) is 9.67. The molecule has 5 aliphatic carbocycles. The number of nitrogens with zero attached hydrogens (tertiary/aromatic N) is 1. The van der Waals surface area contributed by atoms with Crippen molar-refractivity contribution in [1.82, 2.24) is 4.90 Å². The molecule has 0 aromatic rings. The van der Waals surface area contributed by atoms with Crippen molar-refractivity contribution >= 4 is 0 Å². The van der Waals surface area contributed by atoms with Crippen molar-refractivity contribution in [3.8, 4) is 0 Å². The van der Waals surface area contributed by atoms with Crippen molar-refractivity contribution in [2.45, 2.75) is 69.0 Å². The first-order valence-electron chi connectivity index (χ1n) is 10.8. The summed E-state index contributed by atoms with van der Waals surface area (Å²) >= 11 is 0. The molecule has 5 nitrogen and oxygen atoms in total. The number of aliphatic hydroxyl groups is 3. The largest absolute Gasteiger partial charge is 0.392 e. The third-order valence-corrected chi connectivity index (χ3v) is 10.2. The van der Waals surface area contributed by atoms with E-state index in [2.05, 4.69) is 11.8 Å². The van der Waals surface area contributed by atoms with Gasteiger partial charge in [-0.1, -0.05) is 6.92 Å². The summed E-state index contributed by atoms with van der Waals surface area (Å²) in [6, 6.07) is 0.275. The molecule has 12 atom stereocenters. The maximum atomic E-state index is 12.1. The molecule has 1 heterocycles. The number of likely N-dealkylation sites (tertiary alicyclic amines) is 1. The van der Waals surface area contributed by atoms with Gasteiger partial charge in [0.05, 0.1) is 23.9 Å². The first-order chi connectivity index (χ1) is 12.5. The highest BCUT2D eigenvalue weighted by molar-refractivity contribution is 5.31. The van der Waals surface area contributed by atoms with Gasteiger partial charge in [-0.2, -0.15) is 0 Å². The van der Waals surface area contributed by atoms with Crippen molar-refractivity contribution in [3.63, 3.8) is 0 Å². The Morgan fingerprint density at radius 1 is 1.12 bits per heavy atom. The molecular weight excluding hydrogens is 330 g/mol. The molecule has 1 saturated heterocycles. The van der Waals surface area contributed by atoms with E-state index >= 15 is 0 Å². The first-order valence-corrected chi connectivity index (χ1v) is 10.8. The van der Waals surface area contributed by atoms with Gasteiger partial charge in [-0.15, -0.1) is 0 Å². The van der Waals surface area contributed by atoms with Crippen LogP contribution in [0.2, 0.25) is 0 Å². The molecule has 5 heteroatoms. The van der Waals surface area contributed by atoms with Crippen LogP contribution in [0.25, 0.3) is 0 Å². The van der Waals surface area contributed by atoms with Gasteiger partial charge in [0, 0.05) is 49.3 Å². The van der Waals surface area contributed by atoms with Crippen LogP contribution in [0.15, 0.2) is 0 Å². The Kier molecular flexibility index (Phi) is 3.24. The molecule has 0 amide bonds. The fourth-order valence-corrected chi connectivity index (χ4v) is 9.67. The monoisotopic (exact) mass is 363 g/mol. The minimum Gasteiger partial charge on any atom is -0.392 e. The molecule has 3 N–H and O–H groups in total. The van der Waals surface area contributed by atoms with E-state index in [1.165, 1.54) is 0 Å². The van der Waals surface area contributed by atoms with Crippen LogP contribution in [0.1, 0.15) is 39.0 Å². The van der Waals surface area contributed by atoms with Crippen LogP contribution in [-0.2, 0) is 4.74 Å². The van der Waals surface area contributed by atoms with E-state index in [4.69, 9.17) is 4.74 Å². The maximum absolute atomic E-state index is 12.1. The molecule has 0 radical (unpaired) electrons. The number of piperidine rings is 1. The molecule has 6 aliphatic rings. The van der Waals surface area contributed by atoms with Crippen molar-refractivity contribution in [1.29, 1.82) is 0 Å². The average molecular weight is 363 g/mol. The van der Waals surface area contributed by atoms with Crippen LogP contribution in [0.4, 0.5) is 0 Å². The normalized spacial score (nSPS) is 65.4. The molecule has 0 aromatic heterocycles. The molecule has 26 heavy (non-hydrogen) atoms. The zero-order valence-electron chi connectivity index (χ0n) is 15.9. The van der Waals surface area contributed by atoms with Gasteiger partial charge in [-0.3, -0.25) is 4.90 Å². The van der Waals surface area contributed by atoms with Crippen molar-refractivity contribution in [2.75, 3.05) is 20.2 Å². The number of methoxy groups -OCH3 is 1. The third-order valence-electron chi connectivity index (χ3n) is 10.2. The molecule has 146 valence electrons. The van der Waals surface area contributed by atoms with E-state index in [0.717, 1.165) is 38.8 Å². The second-order valence-corrected chi connectivity index (χ2v) is 10.3. The summed E-state index contributed by atoms with van der Waals surface area (Å²) in [7, 11) is 1.72. The van der Waals surface area contributed by atoms with E-state index in [1.54, 1.807) is 7.11 Å². The van der Waals surface area contributed by atoms with Crippen LogP contribution >= 0.6 is 0 Å². The third kappa shape index (κ3) is 1.53. The Bertz CT molecular complexity index is 629. The quantitative estimate of drug-likeness (QED) is 0.679. The van der Waals surface area contributed by atoms with Gasteiger partial charge in [0.1, 0.15) is 0 Å². The molecule has 6 fully saturated rings. The van der Waals surface area contributed by atoms with E-state index in [-0.39, 0.29) is 47.3 Å². The molecule has 1 aliphatic heterocycles. The minimum absolute atomic E-state index is 0.0570. The second-order valence-electron chi connectivity index (χ2n) is 10.3. The Hall–Kier alpha value is -0.200. The number of hydrogen-bond donors (Lipinski definition) is 3. The number of hydrogen-bond acceptors (Lipinski definition) is 5. The lowest BCUT2D eigenvalue weighted by Crippen LogP contribution is -2.74. The van der Waals surface area contributed by atoms with Crippen LogP contribution in [0.5, 0.6) is 0 Å². The summed E-state index contributed by atoms with van der Waals surface area (Å²) < 4.78 is 5.77. The number of ether oxygens (including phenoxy) is 1. The predicted octanol–water partition coefficient (Wildman–Crippen LogP) is 0.860. The Labute approximate surface area is 155 Å². The first kappa shape index (κ1) is 16.7. The highest BCUT2D eigenvalue weighted by atomic mass is 16.5. The van der Waals surface area contributed by atoms with Crippen LogP contribution in [-0.4, -0.2) is 70.4 Å². The zero-order valence-corrected chi connectivity index (χ0v) is 15.9. The molecule has 6 rings (SSSR count). The standard InChI is InChI=1S/C21H33NO4/c1-3-22-9-10-4-5-16(23)21-12(10)7-14(19(21)22)20(25)8-15(26-2)11-6-13(21)17(20)18(11)24/h10-19,23-25H,3-9H2,1-2H3/t10-,11+,12+,13+,14-,15-,16-,17+,18-,19?,20-,21-/m0/s1. The van der Waals surface area contributed by atoms with Gasteiger partial charge < -0.3 is 20.1 Å². The minimum atomic E-state index is -0.840. The lowest BCUT2D eigenvalue weighted by atomic mass is 9.46. The number of rotatable bonds is 2. The van der Waals surface area contributed by atoms with Crippen molar-refractivity contribution in [2.24, 2.45) is 40.9 Å². The van der Waals surface area contributed by atoms with Crippen LogP contribution in [0, 0.1) is 40.9 Å². The topological polar surface area (TPSA) is 73.2 Å². The molecule has 5 saturated carbocycles. The van der Waals surface area contributed by atoms with Gasteiger partial charge in [0.15, 0.2) is 0 Å². The number of aliphatic hydroxyl groups excluding tert-OH is 2. The smallest absolute Gasteiger partial charge is 0.0771 e. The molecule has 1 unspecified atom stereocenters. The van der Waals surface area contributed by atoms with Gasteiger partial charge in [0.25, 0.3) is 0 Å². The zero-order chi connectivity index (χ0) is 18.0. The van der Waals surface area contributed by atoms with Gasteiger partial charge >= 0.3 is 0 Å². The fraction of sp³-hybridized carbons (Fsp3) is 1.00. The van der Waals surface area contributed by atoms with Crippen LogP contribution in [0.3, 0.4) is 0 Å². The summed E-state index contributed by atoms with van der Waals surface area (Å²) in [6.07, 6.45) is 3.80. The van der Waals surface area contributed by atoms with Gasteiger partial charge in [0.2, 0.25) is 0 Å². The highest BCUT2D eigenvalue weighted by Gasteiger charge is 2.81. The molecular formula is C21H33NO4. The van der Waals surface area contributed by atoms with Gasteiger partial charge in [-0.05, 0) is 50.0 Å². The Morgan fingerprint density at radius 2 is 1.92 bits per heavy atom. The van der Waals surface area contributed by atoms with E-state index in [0.29, 0.717) is 18.3 Å². The average Bonchev–Trinajstić information content (AvgIpc) is 3.03. The lowest BCUT2D eigenvalue weighted by molar-refractivity contribution is -0.255. The van der Waals surface area contributed by atoms with Gasteiger partial charge in [-0.25, -0.2) is 0 Å². The summed E-state index contributed by atoms with van der Waals surface area (Å²) in [5.41, 5.74) is -0.954. The predicted molar refractivity (Wildman–Crippen MR) is 95.3 cm³/mol. The SMILES string of the molecule is CCN1C[C@@H]2CC[C@H](O)[C@]34C1[C@H](C[C@H]23)[C@@]1(O)C[C@H](OC)[C@H]2C[C@@H]4[C@@H]1[C@H]2O. The van der Waals surface area contributed by atoms with Crippen LogP contribution < -0.4 is 0 Å².